The topological polar surface area (TPSA) is 59.5 Å². The third kappa shape index (κ3) is 3.86. The van der Waals surface area contributed by atoms with Crippen molar-refractivity contribution >= 4 is 12.2 Å². The molecule has 1 atom stereocenters. The van der Waals surface area contributed by atoms with Crippen LogP contribution in [0.25, 0.3) is 0 Å². The molecule has 162 valence electrons. The molecule has 0 saturated heterocycles. The van der Waals surface area contributed by atoms with Gasteiger partial charge in [0.05, 0.1) is 11.7 Å². The fourth-order valence-corrected chi connectivity index (χ4v) is 4.25. The Morgan fingerprint density at radius 3 is 2.69 bits per heavy atom. The molecule has 0 bridgehead atoms. The number of nitrogens with zero attached hydrogens (tertiary/aromatic N) is 2. The second-order valence-electron chi connectivity index (χ2n) is 8.13. The second-order valence-corrected chi connectivity index (χ2v) is 8.13. The number of aromatic nitrogens is 1. The number of aldehydes is 1. The van der Waals surface area contributed by atoms with E-state index < -0.39 is 11.6 Å². The fraction of sp³-hybridized carbons (Fsp3) is 0.240. The van der Waals surface area contributed by atoms with Crippen LogP contribution in [0.1, 0.15) is 51.0 Å². The van der Waals surface area contributed by atoms with Crippen molar-refractivity contribution in [1.29, 1.82) is 0 Å². The van der Waals surface area contributed by atoms with Crippen molar-refractivity contribution in [3.8, 4) is 11.5 Å². The molecule has 1 aliphatic carbocycles. The summed E-state index contributed by atoms with van der Waals surface area (Å²) in [6.07, 6.45) is 3.38. The number of hydrogen-bond acceptors (Lipinski definition) is 4. The minimum atomic E-state index is -0.814. The largest absolute Gasteiger partial charge is 0.454 e. The SMILES string of the molecule is O=Cc1cccc([C@@H](C2CC2)N2CCc3ccc(Oc4ccc(F)cc4F)cc3C2=O)n1. The normalized spacial score (nSPS) is 16.4. The third-order valence-electron chi connectivity index (χ3n) is 5.94. The van der Waals surface area contributed by atoms with Crippen LogP contribution < -0.4 is 4.74 Å². The monoisotopic (exact) mass is 434 g/mol. The summed E-state index contributed by atoms with van der Waals surface area (Å²) in [5.41, 5.74) is 2.44. The Morgan fingerprint density at radius 2 is 1.94 bits per heavy atom. The summed E-state index contributed by atoms with van der Waals surface area (Å²) in [6.45, 7) is 0.548. The van der Waals surface area contributed by atoms with Crippen molar-refractivity contribution in [3.05, 3.63) is 88.7 Å². The maximum atomic E-state index is 14.0. The number of benzene rings is 2. The third-order valence-corrected chi connectivity index (χ3v) is 5.94. The average molecular weight is 434 g/mol. The number of ether oxygens (including phenoxy) is 1. The van der Waals surface area contributed by atoms with E-state index in [4.69, 9.17) is 4.74 Å². The van der Waals surface area contributed by atoms with Gasteiger partial charge in [-0.1, -0.05) is 12.1 Å². The van der Waals surface area contributed by atoms with E-state index in [2.05, 4.69) is 4.98 Å². The number of fused-ring (bicyclic) bond motifs is 1. The first-order chi connectivity index (χ1) is 15.5. The van der Waals surface area contributed by atoms with Crippen LogP contribution in [0.5, 0.6) is 11.5 Å². The molecule has 1 aromatic heterocycles. The first-order valence-corrected chi connectivity index (χ1v) is 10.5. The van der Waals surface area contributed by atoms with Crippen molar-refractivity contribution in [2.45, 2.75) is 25.3 Å². The molecule has 1 amide bonds. The first kappa shape index (κ1) is 20.3. The van der Waals surface area contributed by atoms with Crippen LogP contribution in [-0.2, 0) is 6.42 Å². The maximum absolute atomic E-state index is 14.0. The Hall–Kier alpha value is -3.61. The molecule has 1 fully saturated rings. The molecule has 7 heteroatoms. The smallest absolute Gasteiger partial charge is 0.254 e. The van der Waals surface area contributed by atoms with Gasteiger partial charge in [0.15, 0.2) is 17.9 Å². The minimum Gasteiger partial charge on any atom is -0.454 e. The van der Waals surface area contributed by atoms with Crippen LogP contribution in [0.2, 0.25) is 0 Å². The van der Waals surface area contributed by atoms with Gasteiger partial charge in [0.2, 0.25) is 0 Å². The van der Waals surface area contributed by atoms with E-state index in [1.54, 1.807) is 30.3 Å². The fourth-order valence-electron chi connectivity index (χ4n) is 4.25. The van der Waals surface area contributed by atoms with E-state index in [0.29, 0.717) is 42.2 Å². The lowest BCUT2D eigenvalue weighted by Gasteiger charge is -2.35. The van der Waals surface area contributed by atoms with Crippen molar-refractivity contribution in [2.24, 2.45) is 5.92 Å². The Bertz CT molecular complexity index is 1210. The van der Waals surface area contributed by atoms with E-state index >= 15 is 0 Å². The van der Waals surface area contributed by atoms with Gasteiger partial charge in [-0.25, -0.2) is 13.8 Å². The van der Waals surface area contributed by atoms with Crippen molar-refractivity contribution in [3.63, 3.8) is 0 Å². The van der Waals surface area contributed by atoms with Crippen molar-refractivity contribution < 1.29 is 23.1 Å². The molecular formula is C25H20F2N2O3. The van der Waals surface area contributed by atoms with E-state index in [9.17, 15) is 18.4 Å². The molecule has 2 aliphatic rings. The highest BCUT2D eigenvalue weighted by molar-refractivity contribution is 5.97. The highest BCUT2D eigenvalue weighted by atomic mass is 19.1. The van der Waals surface area contributed by atoms with Crippen LogP contribution in [0.15, 0.2) is 54.6 Å². The number of amides is 1. The number of hydrogen-bond donors (Lipinski definition) is 0. The number of halogens is 2. The molecule has 0 radical (unpaired) electrons. The van der Waals surface area contributed by atoms with Gasteiger partial charge < -0.3 is 9.64 Å². The van der Waals surface area contributed by atoms with Gasteiger partial charge in [-0.15, -0.1) is 0 Å². The van der Waals surface area contributed by atoms with Gasteiger partial charge >= 0.3 is 0 Å². The van der Waals surface area contributed by atoms with Crippen molar-refractivity contribution in [1.82, 2.24) is 9.88 Å². The zero-order chi connectivity index (χ0) is 22.2. The Kier molecular flexibility index (Phi) is 5.17. The quantitative estimate of drug-likeness (QED) is 0.506. The molecule has 0 spiro atoms. The summed E-state index contributed by atoms with van der Waals surface area (Å²) >= 11 is 0. The summed E-state index contributed by atoms with van der Waals surface area (Å²) in [7, 11) is 0. The molecule has 32 heavy (non-hydrogen) atoms. The lowest BCUT2D eigenvalue weighted by atomic mass is 9.95. The van der Waals surface area contributed by atoms with Gasteiger partial charge in [-0.05, 0) is 67.1 Å². The predicted molar refractivity (Wildman–Crippen MR) is 113 cm³/mol. The summed E-state index contributed by atoms with van der Waals surface area (Å²) in [5.74, 6) is -1.16. The summed E-state index contributed by atoms with van der Waals surface area (Å²) in [5, 5.41) is 0. The first-order valence-electron chi connectivity index (χ1n) is 10.5. The second kappa shape index (κ2) is 8.15. The van der Waals surface area contributed by atoms with Gasteiger partial charge in [0.25, 0.3) is 5.91 Å². The van der Waals surface area contributed by atoms with Crippen LogP contribution in [0, 0.1) is 17.6 Å². The molecule has 1 saturated carbocycles. The van der Waals surface area contributed by atoms with E-state index in [-0.39, 0.29) is 17.7 Å². The number of rotatable bonds is 6. The molecular weight excluding hydrogens is 414 g/mol. The summed E-state index contributed by atoms with van der Waals surface area (Å²) in [4.78, 5) is 30.9. The molecule has 0 unspecified atom stereocenters. The van der Waals surface area contributed by atoms with Crippen LogP contribution in [0.4, 0.5) is 8.78 Å². The van der Waals surface area contributed by atoms with Crippen LogP contribution in [0.3, 0.4) is 0 Å². The zero-order valence-electron chi connectivity index (χ0n) is 17.1. The highest BCUT2D eigenvalue weighted by Gasteiger charge is 2.41. The molecule has 2 aromatic carbocycles. The van der Waals surface area contributed by atoms with Gasteiger partial charge in [-0.3, -0.25) is 9.59 Å². The molecule has 3 aromatic rings. The molecule has 2 heterocycles. The lowest BCUT2D eigenvalue weighted by molar-refractivity contribution is 0.0627. The molecule has 0 N–H and O–H groups in total. The highest BCUT2D eigenvalue weighted by Crippen LogP contribution is 2.45. The Balaban J connectivity index is 1.45. The number of pyridine rings is 1. The summed E-state index contributed by atoms with van der Waals surface area (Å²) < 4.78 is 32.7. The van der Waals surface area contributed by atoms with Gasteiger partial charge in [0.1, 0.15) is 17.3 Å². The van der Waals surface area contributed by atoms with E-state index in [1.807, 2.05) is 11.0 Å². The Morgan fingerprint density at radius 1 is 1.09 bits per heavy atom. The summed E-state index contributed by atoms with van der Waals surface area (Å²) in [6, 6.07) is 13.3. The van der Waals surface area contributed by atoms with Crippen LogP contribution >= 0.6 is 0 Å². The molecule has 5 rings (SSSR count). The zero-order valence-corrected chi connectivity index (χ0v) is 17.1. The van der Waals surface area contributed by atoms with Crippen LogP contribution in [-0.4, -0.2) is 28.6 Å². The Labute approximate surface area is 183 Å². The predicted octanol–water partition coefficient (Wildman–Crippen LogP) is 5.11. The van der Waals surface area contributed by atoms with E-state index in [1.165, 1.54) is 6.07 Å². The van der Waals surface area contributed by atoms with Gasteiger partial charge in [-0.2, -0.15) is 0 Å². The maximum Gasteiger partial charge on any atom is 0.254 e. The van der Waals surface area contributed by atoms with Gasteiger partial charge in [0, 0.05) is 18.2 Å². The molecule has 5 nitrogen and oxygen atoms in total. The minimum absolute atomic E-state index is 0.114. The van der Waals surface area contributed by atoms with Crippen molar-refractivity contribution in [2.75, 3.05) is 6.54 Å². The lowest BCUT2D eigenvalue weighted by Crippen LogP contribution is -2.41. The van der Waals surface area contributed by atoms with E-state index in [0.717, 1.165) is 36.2 Å². The number of carbonyl (C=O) groups excluding carboxylic acids is 2. The average Bonchev–Trinajstić information content (AvgIpc) is 3.63. The number of carbonyl (C=O) groups is 2. The standard InChI is InChI=1S/C25H20F2N2O3/c26-17-7-9-23(21(27)12-17)32-19-8-6-15-10-11-29(25(31)20(15)13-19)24(16-4-5-16)22-3-1-2-18(14-30)28-22/h1-3,6-9,12-14,16,24H,4-5,10-11H2/t24-/m1/s1. The molecule has 1 aliphatic heterocycles.